The number of likely N-dealkylation sites (N-methyl/N-ethyl adjacent to an activating group) is 1. The lowest BCUT2D eigenvalue weighted by molar-refractivity contribution is -0.137. The summed E-state index contributed by atoms with van der Waals surface area (Å²) in [4.78, 5) is 29.4. The van der Waals surface area contributed by atoms with Crippen LogP contribution in [0.15, 0.2) is 77.7 Å². The van der Waals surface area contributed by atoms with Crippen LogP contribution in [0.25, 0.3) is 0 Å². The summed E-state index contributed by atoms with van der Waals surface area (Å²) in [5, 5.41) is 12.4. The molecule has 0 aliphatic carbocycles. The Morgan fingerprint density at radius 2 is 1.75 bits per heavy atom. The Kier molecular flexibility index (Phi) is 9.74. The number of para-hydroxylation sites is 1. The Hall–Kier alpha value is -4.30. The van der Waals surface area contributed by atoms with Crippen molar-refractivity contribution in [2.24, 2.45) is 5.92 Å². The highest BCUT2D eigenvalue weighted by Crippen LogP contribution is 2.36. The molecule has 236 valence electrons. The van der Waals surface area contributed by atoms with Crippen LogP contribution in [-0.4, -0.2) is 74.2 Å². The van der Waals surface area contributed by atoms with Gasteiger partial charge in [-0.1, -0.05) is 31.2 Å². The predicted molar refractivity (Wildman–Crippen MR) is 158 cm³/mol. The summed E-state index contributed by atoms with van der Waals surface area (Å²) in [6, 6.07) is 14.9. The quantitative estimate of drug-likeness (QED) is 0.324. The number of urea groups is 1. The van der Waals surface area contributed by atoms with Gasteiger partial charge in [0.05, 0.1) is 40.9 Å². The van der Waals surface area contributed by atoms with Gasteiger partial charge in [-0.15, -0.1) is 0 Å². The van der Waals surface area contributed by atoms with Gasteiger partial charge in [-0.05, 0) is 55.5 Å². The second-order valence-corrected chi connectivity index (χ2v) is 12.3. The summed E-state index contributed by atoms with van der Waals surface area (Å²) < 4.78 is 74.0. The fourth-order valence-corrected chi connectivity index (χ4v) is 5.74. The number of nitrogens with one attached hydrogen (secondary N) is 2. The number of aliphatic hydroxyl groups is 1. The summed E-state index contributed by atoms with van der Waals surface area (Å²) in [6.45, 7) is 3.25. The smallest absolute Gasteiger partial charge is 0.416 e. The second kappa shape index (κ2) is 13.1. The van der Waals surface area contributed by atoms with Crippen molar-refractivity contribution in [1.29, 1.82) is 0 Å². The highest BCUT2D eigenvalue weighted by molar-refractivity contribution is 7.92. The molecule has 14 heteroatoms. The molecule has 1 aliphatic rings. The predicted octanol–water partition coefficient (Wildman–Crippen LogP) is 4.89. The SMILES string of the molecule is C[C@H](CO)N1C[C@H](C)[C@H](CN(C)C(=O)Nc2ccc(C(F)(F)F)cc2)Oc2c(NS(=O)(=O)c3ccccc3)cccc2C1=O. The molecule has 1 heterocycles. The zero-order valence-corrected chi connectivity index (χ0v) is 25.0. The van der Waals surface area contributed by atoms with E-state index in [-0.39, 0.29) is 47.3 Å². The molecule has 10 nitrogen and oxygen atoms in total. The number of ether oxygens (including phenoxy) is 1. The number of sulfonamides is 1. The minimum absolute atomic E-state index is 0.00473. The lowest BCUT2D eigenvalue weighted by atomic mass is 9.99. The molecule has 44 heavy (non-hydrogen) atoms. The van der Waals surface area contributed by atoms with E-state index in [1.165, 1.54) is 47.2 Å². The largest absolute Gasteiger partial charge is 0.485 e. The van der Waals surface area contributed by atoms with Crippen molar-refractivity contribution in [3.63, 3.8) is 0 Å². The van der Waals surface area contributed by atoms with Gasteiger partial charge in [-0.2, -0.15) is 13.2 Å². The molecule has 0 aromatic heterocycles. The van der Waals surface area contributed by atoms with Crippen LogP contribution in [0.1, 0.15) is 29.8 Å². The van der Waals surface area contributed by atoms with Crippen molar-refractivity contribution < 1.29 is 41.0 Å². The van der Waals surface area contributed by atoms with Crippen molar-refractivity contribution in [2.45, 2.75) is 37.1 Å². The second-order valence-electron chi connectivity index (χ2n) is 10.6. The van der Waals surface area contributed by atoms with E-state index in [2.05, 4.69) is 10.0 Å². The molecule has 0 saturated heterocycles. The molecule has 0 fully saturated rings. The molecule has 3 aromatic carbocycles. The highest BCUT2D eigenvalue weighted by atomic mass is 32.2. The zero-order valence-electron chi connectivity index (χ0n) is 24.2. The average Bonchev–Trinajstić information content (AvgIpc) is 2.98. The zero-order chi connectivity index (χ0) is 32.2. The third kappa shape index (κ3) is 7.42. The molecule has 3 N–H and O–H groups in total. The molecule has 1 aliphatic heterocycles. The van der Waals surface area contributed by atoms with Crippen LogP contribution >= 0.6 is 0 Å². The fraction of sp³-hybridized carbons (Fsp3) is 0.333. The van der Waals surface area contributed by atoms with Gasteiger partial charge in [0.15, 0.2) is 5.75 Å². The fourth-order valence-electron chi connectivity index (χ4n) is 4.66. The number of carbonyl (C=O) groups excluding carboxylic acids is 2. The van der Waals surface area contributed by atoms with E-state index in [1.807, 2.05) is 0 Å². The van der Waals surface area contributed by atoms with Crippen molar-refractivity contribution >= 4 is 33.3 Å². The van der Waals surface area contributed by atoms with E-state index in [0.29, 0.717) is 0 Å². The van der Waals surface area contributed by atoms with Crippen molar-refractivity contribution in [3.05, 3.63) is 83.9 Å². The van der Waals surface area contributed by atoms with E-state index >= 15 is 0 Å². The molecule has 0 bridgehead atoms. The molecule has 3 amide bonds. The minimum atomic E-state index is -4.52. The summed E-state index contributed by atoms with van der Waals surface area (Å²) in [7, 11) is -2.60. The minimum Gasteiger partial charge on any atom is -0.485 e. The normalized spacial score (nSPS) is 17.9. The average molecular weight is 635 g/mol. The number of hydrogen-bond acceptors (Lipinski definition) is 6. The van der Waals surface area contributed by atoms with Crippen LogP contribution < -0.4 is 14.8 Å². The molecular formula is C30H33F3N4O6S. The Morgan fingerprint density at radius 3 is 2.36 bits per heavy atom. The summed E-state index contributed by atoms with van der Waals surface area (Å²) in [5.41, 5.74) is -0.633. The van der Waals surface area contributed by atoms with Crippen LogP contribution in [0.2, 0.25) is 0 Å². The number of alkyl halides is 3. The van der Waals surface area contributed by atoms with Crippen molar-refractivity contribution in [1.82, 2.24) is 9.80 Å². The first-order chi connectivity index (χ1) is 20.7. The number of amides is 3. The Bertz CT molecular complexity index is 1590. The Morgan fingerprint density at radius 1 is 1.09 bits per heavy atom. The van der Waals surface area contributed by atoms with E-state index in [1.54, 1.807) is 32.0 Å². The van der Waals surface area contributed by atoms with Gasteiger partial charge in [0.2, 0.25) is 0 Å². The summed E-state index contributed by atoms with van der Waals surface area (Å²) >= 11 is 0. The number of fused-ring (bicyclic) bond motifs is 1. The van der Waals surface area contributed by atoms with Gasteiger partial charge in [0.25, 0.3) is 15.9 Å². The van der Waals surface area contributed by atoms with Crippen LogP contribution in [0.5, 0.6) is 5.75 Å². The van der Waals surface area contributed by atoms with Crippen molar-refractivity contribution in [2.75, 3.05) is 36.8 Å². The number of rotatable bonds is 8. The van der Waals surface area contributed by atoms with E-state index in [4.69, 9.17) is 4.74 Å². The first-order valence-electron chi connectivity index (χ1n) is 13.7. The maximum Gasteiger partial charge on any atom is 0.416 e. The summed E-state index contributed by atoms with van der Waals surface area (Å²) in [6.07, 6.45) is -5.29. The Balaban J connectivity index is 1.64. The molecule has 0 saturated carbocycles. The standard InChI is InChI=1S/C30H33F3N4O6S/c1-19-16-37(20(2)18-38)28(39)24-10-7-11-25(35-44(41,42)23-8-5-4-6-9-23)27(24)43-26(19)17-36(3)29(40)34-22-14-12-21(13-15-22)30(31,32)33/h4-15,19-20,26,35,38H,16-18H2,1-3H3,(H,34,40)/t19-,20+,26-/m0/s1. The number of nitrogens with zero attached hydrogens (tertiary/aromatic N) is 2. The molecule has 3 atom stereocenters. The number of halogens is 3. The van der Waals surface area contributed by atoms with Crippen LogP contribution in [0.3, 0.4) is 0 Å². The van der Waals surface area contributed by atoms with E-state index in [9.17, 15) is 36.3 Å². The lowest BCUT2D eigenvalue weighted by Gasteiger charge is -2.38. The molecule has 3 aromatic rings. The van der Waals surface area contributed by atoms with Crippen LogP contribution in [-0.2, 0) is 16.2 Å². The third-order valence-corrected chi connectivity index (χ3v) is 8.63. The van der Waals surface area contributed by atoms with E-state index < -0.39 is 51.8 Å². The first-order valence-corrected chi connectivity index (χ1v) is 15.2. The molecular weight excluding hydrogens is 601 g/mol. The number of carbonyl (C=O) groups is 2. The van der Waals surface area contributed by atoms with Gasteiger partial charge in [-0.3, -0.25) is 9.52 Å². The number of anilines is 2. The molecule has 4 rings (SSSR count). The number of benzene rings is 3. The van der Waals surface area contributed by atoms with Crippen LogP contribution in [0.4, 0.5) is 29.3 Å². The molecule has 0 unspecified atom stereocenters. The van der Waals surface area contributed by atoms with Crippen molar-refractivity contribution in [3.8, 4) is 5.75 Å². The molecule has 0 radical (unpaired) electrons. The maximum atomic E-state index is 13.7. The summed E-state index contributed by atoms with van der Waals surface area (Å²) in [5.74, 6) is -0.928. The Labute approximate surface area is 253 Å². The maximum absolute atomic E-state index is 13.7. The topological polar surface area (TPSA) is 128 Å². The first kappa shape index (κ1) is 32.6. The monoisotopic (exact) mass is 634 g/mol. The number of aliphatic hydroxyl groups excluding tert-OH is 1. The highest BCUT2D eigenvalue weighted by Gasteiger charge is 2.36. The van der Waals surface area contributed by atoms with Gasteiger partial charge in [0.1, 0.15) is 6.10 Å². The van der Waals surface area contributed by atoms with Gasteiger partial charge < -0.3 is 25.0 Å². The number of hydrogen-bond donors (Lipinski definition) is 3. The third-order valence-electron chi connectivity index (χ3n) is 7.25. The van der Waals surface area contributed by atoms with Gasteiger partial charge >= 0.3 is 12.2 Å². The van der Waals surface area contributed by atoms with E-state index in [0.717, 1.165) is 24.3 Å². The lowest BCUT2D eigenvalue weighted by Crippen LogP contribution is -2.50. The van der Waals surface area contributed by atoms with Gasteiger partial charge in [-0.25, -0.2) is 13.2 Å². The van der Waals surface area contributed by atoms with Crippen LogP contribution in [0, 0.1) is 5.92 Å². The van der Waals surface area contributed by atoms with Gasteiger partial charge in [0, 0.05) is 25.2 Å². The molecule has 0 spiro atoms.